The second-order valence-electron chi connectivity index (χ2n) is 7.03. The number of amides is 1. The number of nitrogens with two attached hydrogens (primary N) is 1. The predicted octanol–water partition coefficient (Wildman–Crippen LogP) is 3.98. The average Bonchev–Trinajstić information content (AvgIpc) is 2.64. The van der Waals surface area contributed by atoms with Crippen LogP contribution in [0.2, 0.25) is 0 Å². The maximum atomic E-state index is 11.1. The molecule has 2 heterocycles. The number of primary amides is 1. The molecule has 5 nitrogen and oxygen atoms in total. The first-order chi connectivity index (χ1) is 12.6. The summed E-state index contributed by atoms with van der Waals surface area (Å²) in [6.07, 6.45) is 6.72. The Kier molecular flexibility index (Phi) is 6.23. The van der Waals surface area contributed by atoms with Crippen LogP contribution >= 0.6 is 0 Å². The molecule has 5 heteroatoms. The molecule has 26 heavy (non-hydrogen) atoms. The molecular weight excluding hydrogens is 326 g/mol. The SMILES string of the molecule is CCCC1CCCN(Cc2ccc(Oc3ccc(C(N)=O)cn3)cc2)C1. The second-order valence-corrected chi connectivity index (χ2v) is 7.03. The van der Waals surface area contributed by atoms with Gasteiger partial charge in [-0.3, -0.25) is 9.69 Å². The standard InChI is InChI=1S/C21H27N3O2/c1-2-4-16-5-3-12-24(14-16)15-17-6-9-19(10-7-17)26-20-11-8-18(13-23-20)21(22)25/h6-11,13,16H,2-5,12,14-15H2,1H3,(H2,22,25). The Labute approximate surface area is 155 Å². The van der Waals surface area contributed by atoms with Gasteiger partial charge in [-0.1, -0.05) is 25.5 Å². The molecule has 1 aliphatic heterocycles. The van der Waals surface area contributed by atoms with Crippen molar-refractivity contribution >= 4 is 5.91 Å². The van der Waals surface area contributed by atoms with Crippen molar-refractivity contribution in [3.8, 4) is 11.6 Å². The van der Waals surface area contributed by atoms with E-state index in [1.807, 2.05) is 12.1 Å². The van der Waals surface area contributed by atoms with Gasteiger partial charge in [0, 0.05) is 25.4 Å². The van der Waals surface area contributed by atoms with Gasteiger partial charge in [0.15, 0.2) is 0 Å². The van der Waals surface area contributed by atoms with E-state index in [1.165, 1.54) is 50.5 Å². The highest BCUT2D eigenvalue weighted by Crippen LogP contribution is 2.24. The van der Waals surface area contributed by atoms with E-state index in [1.54, 1.807) is 12.1 Å². The zero-order chi connectivity index (χ0) is 18.4. The van der Waals surface area contributed by atoms with Crippen molar-refractivity contribution in [1.82, 2.24) is 9.88 Å². The van der Waals surface area contributed by atoms with Crippen LogP contribution in [0.15, 0.2) is 42.6 Å². The summed E-state index contributed by atoms with van der Waals surface area (Å²) >= 11 is 0. The molecule has 1 aliphatic rings. The minimum Gasteiger partial charge on any atom is -0.439 e. The van der Waals surface area contributed by atoms with Crippen LogP contribution in [0.3, 0.4) is 0 Å². The molecule has 1 aromatic heterocycles. The molecule has 2 N–H and O–H groups in total. The number of benzene rings is 1. The lowest BCUT2D eigenvalue weighted by Crippen LogP contribution is -2.34. The molecule has 1 atom stereocenters. The minimum absolute atomic E-state index is 0.371. The monoisotopic (exact) mass is 353 g/mol. The van der Waals surface area contributed by atoms with E-state index in [4.69, 9.17) is 10.5 Å². The molecule has 0 saturated carbocycles. The summed E-state index contributed by atoms with van der Waals surface area (Å²) in [4.78, 5) is 17.7. The van der Waals surface area contributed by atoms with Gasteiger partial charge in [0.05, 0.1) is 5.56 Å². The lowest BCUT2D eigenvalue weighted by Gasteiger charge is -2.32. The van der Waals surface area contributed by atoms with E-state index in [-0.39, 0.29) is 0 Å². The summed E-state index contributed by atoms with van der Waals surface area (Å²) in [7, 11) is 0. The van der Waals surface area contributed by atoms with E-state index >= 15 is 0 Å². The highest BCUT2D eigenvalue weighted by Gasteiger charge is 2.19. The normalized spacial score (nSPS) is 17.8. The van der Waals surface area contributed by atoms with Crippen molar-refractivity contribution in [2.75, 3.05) is 13.1 Å². The number of piperidine rings is 1. The number of aromatic nitrogens is 1. The van der Waals surface area contributed by atoms with Gasteiger partial charge in [0.25, 0.3) is 0 Å². The zero-order valence-corrected chi connectivity index (χ0v) is 15.4. The van der Waals surface area contributed by atoms with Crippen molar-refractivity contribution in [3.63, 3.8) is 0 Å². The Morgan fingerprint density at radius 3 is 2.73 bits per heavy atom. The molecule has 1 unspecified atom stereocenters. The van der Waals surface area contributed by atoms with Crippen LogP contribution < -0.4 is 10.5 Å². The van der Waals surface area contributed by atoms with E-state index in [0.717, 1.165) is 18.2 Å². The van der Waals surface area contributed by atoms with Gasteiger partial charge in [0.2, 0.25) is 11.8 Å². The van der Waals surface area contributed by atoms with Gasteiger partial charge >= 0.3 is 0 Å². The van der Waals surface area contributed by atoms with Gasteiger partial charge in [-0.2, -0.15) is 0 Å². The third-order valence-electron chi connectivity index (χ3n) is 4.87. The molecule has 0 spiro atoms. The highest BCUT2D eigenvalue weighted by molar-refractivity contribution is 5.92. The van der Waals surface area contributed by atoms with Crippen LogP contribution in [0.1, 0.15) is 48.5 Å². The van der Waals surface area contributed by atoms with E-state index in [0.29, 0.717) is 11.4 Å². The number of pyridine rings is 1. The smallest absolute Gasteiger partial charge is 0.250 e. The highest BCUT2D eigenvalue weighted by atomic mass is 16.5. The Balaban J connectivity index is 1.55. The van der Waals surface area contributed by atoms with Crippen LogP contribution in [0.4, 0.5) is 0 Å². The fraction of sp³-hybridized carbons (Fsp3) is 0.429. The number of hydrogen-bond acceptors (Lipinski definition) is 4. The lowest BCUT2D eigenvalue weighted by atomic mass is 9.93. The molecule has 1 saturated heterocycles. The maximum absolute atomic E-state index is 11.1. The first-order valence-electron chi connectivity index (χ1n) is 9.39. The Bertz CT molecular complexity index is 711. The topological polar surface area (TPSA) is 68.5 Å². The number of rotatable bonds is 7. The van der Waals surface area contributed by atoms with Crippen LogP contribution in [0.25, 0.3) is 0 Å². The van der Waals surface area contributed by atoms with E-state index in [2.05, 4.69) is 28.9 Å². The van der Waals surface area contributed by atoms with Crippen molar-refractivity contribution < 1.29 is 9.53 Å². The number of ether oxygens (including phenoxy) is 1. The Hall–Kier alpha value is -2.40. The van der Waals surface area contributed by atoms with Gasteiger partial charge in [-0.25, -0.2) is 4.98 Å². The van der Waals surface area contributed by atoms with Crippen LogP contribution in [-0.4, -0.2) is 28.9 Å². The van der Waals surface area contributed by atoms with Crippen molar-refractivity contribution in [2.45, 2.75) is 39.2 Å². The van der Waals surface area contributed by atoms with Crippen LogP contribution in [-0.2, 0) is 6.54 Å². The zero-order valence-electron chi connectivity index (χ0n) is 15.4. The quantitative estimate of drug-likeness (QED) is 0.817. The third-order valence-corrected chi connectivity index (χ3v) is 4.87. The number of likely N-dealkylation sites (tertiary alicyclic amines) is 1. The Morgan fingerprint density at radius 1 is 1.27 bits per heavy atom. The molecule has 2 aromatic rings. The third kappa shape index (κ3) is 5.05. The van der Waals surface area contributed by atoms with Crippen molar-refractivity contribution in [2.24, 2.45) is 11.7 Å². The first-order valence-corrected chi connectivity index (χ1v) is 9.39. The lowest BCUT2D eigenvalue weighted by molar-refractivity contribution is 0.1000. The van der Waals surface area contributed by atoms with Gasteiger partial charge in [0.1, 0.15) is 5.75 Å². The molecular formula is C21H27N3O2. The van der Waals surface area contributed by atoms with Crippen LogP contribution in [0.5, 0.6) is 11.6 Å². The summed E-state index contributed by atoms with van der Waals surface area (Å²) in [6.45, 7) is 5.66. The molecule has 1 fully saturated rings. The molecule has 3 rings (SSSR count). The summed E-state index contributed by atoms with van der Waals surface area (Å²) in [5.74, 6) is 1.54. The fourth-order valence-electron chi connectivity index (χ4n) is 3.57. The number of carbonyl (C=O) groups is 1. The maximum Gasteiger partial charge on any atom is 0.250 e. The second kappa shape index (κ2) is 8.81. The van der Waals surface area contributed by atoms with Crippen molar-refractivity contribution in [3.05, 3.63) is 53.7 Å². The van der Waals surface area contributed by atoms with E-state index < -0.39 is 5.91 Å². The summed E-state index contributed by atoms with van der Waals surface area (Å²) in [5.41, 5.74) is 6.88. The Morgan fingerprint density at radius 2 is 2.08 bits per heavy atom. The number of nitrogens with zero attached hydrogens (tertiary/aromatic N) is 2. The number of hydrogen-bond donors (Lipinski definition) is 1. The van der Waals surface area contributed by atoms with Crippen LogP contribution in [0, 0.1) is 5.92 Å². The van der Waals surface area contributed by atoms with Gasteiger partial charge < -0.3 is 10.5 Å². The molecule has 0 aliphatic carbocycles. The number of carbonyl (C=O) groups excluding carboxylic acids is 1. The summed E-state index contributed by atoms with van der Waals surface area (Å²) in [5, 5.41) is 0. The van der Waals surface area contributed by atoms with Gasteiger partial charge in [-0.05, 0) is 55.5 Å². The van der Waals surface area contributed by atoms with E-state index in [9.17, 15) is 4.79 Å². The molecule has 138 valence electrons. The van der Waals surface area contributed by atoms with Crippen molar-refractivity contribution in [1.29, 1.82) is 0 Å². The molecule has 1 aromatic carbocycles. The summed E-state index contributed by atoms with van der Waals surface area (Å²) in [6, 6.07) is 11.4. The minimum atomic E-state index is -0.493. The molecule has 1 amide bonds. The first kappa shape index (κ1) is 18.4. The fourth-order valence-corrected chi connectivity index (χ4v) is 3.57. The molecule has 0 radical (unpaired) electrons. The average molecular weight is 353 g/mol. The largest absolute Gasteiger partial charge is 0.439 e. The molecule has 0 bridgehead atoms. The summed E-state index contributed by atoms with van der Waals surface area (Å²) < 4.78 is 5.73. The predicted molar refractivity (Wildman–Crippen MR) is 102 cm³/mol. The van der Waals surface area contributed by atoms with Gasteiger partial charge in [-0.15, -0.1) is 0 Å².